The van der Waals surface area contributed by atoms with E-state index in [-0.39, 0.29) is 20.8 Å². The number of benzene rings is 2. The number of hydrogen-bond donors (Lipinski definition) is 2. The van der Waals surface area contributed by atoms with E-state index in [0.29, 0.717) is 11.8 Å². The number of nitrogens with zero attached hydrogens (tertiary/aromatic N) is 1. The fraction of sp³-hybridized carbons (Fsp3) is 0.111. The molecule has 0 radical (unpaired) electrons. The fourth-order valence-corrected chi connectivity index (χ4v) is 4.32. The number of hydrogen-bond acceptors (Lipinski definition) is 6. The smallest absolute Gasteiger partial charge is 0.416 e. The Morgan fingerprint density at radius 1 is 1.16 bits per heavy atom. The van der Waals surface area contributed by atoms with Gasteiger partial charge in [-0.2, -0.15) is 13.2 Å². The highest BCUT2D eigenvalue weighted by molar-refractivity contribution is 7.93. The van der Waals surface area contributed by atoms with Crippen LogP contribution in [-0.2, 0) is 21.0 Å². The number of ether oxygens (including phenoxy) is 1. The van der Waals surface area contributed by atoms with Gasteiger partial charge < -0.3 is 10.1 Å². The molecule has 0 aliphatic rings. The number of alkyl halides is 3. The summed E-state index contributed by atoms with van der Waals surface area (Å²) < 4.78 is 70.0. The minimum atomic E-state index is -4.55. The number of thiazole rings is 1. The van der Waals surface area contributed by atoms with E-state index in [9.17, 15) is 26.4 Å². The minimum absolute atomic E-state index is 0.0338. The van der Waals surface area contributed by atoms with Gasteiger partial charge in [0.15, 0.2) is 11.7 Å². The molecule has 31 heavy (non-hydrogen) atoms. The monoisotopic (exact) mass is 491 g/mol. The second-order valence-corrected chi connectivity index (χ2v) is 8.93. The third-order valence-corrected chi connectivity index (χ3v) is 6.19. The molecule has 3 aromatic rings. The number of carbonyl (C=O) groups is 1. The quantitative estimate of drug-likeness (QED) is 0.502. The highest BCUT2D eigenvalue weighted by Gasteiger charge is 2.31. The summed E-state index contributed by atoms with van der Waals surface area (Å²) in [5.41, 5.74) is -0.644. The van der Waals surface area contributed by atoms with Crippen LogP contribution in [-0.4, -0.2) is 25.9 Å². The average Bonchev–Trinajstić information content (AvgIpc) is 3.19. The van der Waals surface area contributed by atoms with E-state index in [1.807, 2.05) is 0 Å². The topological polar surface area (TPSA) is 97.4 Å². The van der Waals surface area contributed by atoms with Crippen molar-refractivity contribution in [3.63, 3.8) is 0 Å². The Morgan fingerprint density at radius 2 is 1.87 bits per heavy atom. The van der Waals surface area contributed by atoms with Gasteiger partial charge in [0.2, 0.25) is 0 Å². The van der Waals surface area contributed by atoms with Crippen molar-refractivity contribution < 1.29 is 31.1 Å². The van der Waals surface area contributed by atoms with Crippen molar-refractivity contribution in [2.75, 3.05) is 16.6 Å². The van der Waals surface area contributed by atoms with Gasteiger partial charge in [-0.1, -0.05) is 11.6 Å². The lowest BCUT2D eigenvalue weighted by atomic mass is 10.2. The molecule has 1 aromatic heterocycles. The zero-order valence-corrected chi connectivity index (χ0v) is 17.7. The molecule has 0 aliphatic carbocycles. The van der Waals surface area contributed by atoms with Gasteiger partial charge in [-0.05, 0) is 42.5 Å². The van der Waals surface area contributed by atoms with Crippen LogP contribution in [0, 0.1) is 0 Å². The Balaban J connectivity index is 1.57. The van der Waals surface area contributed by atoms with Crippen molar-refractivity contribution >= 4 is 49.7 Å². The lowest BCUT2D eigenvalue weighted by Crippen LogP contribution is -2.20. The first-order chi connectivity index (χ1) is 14.5. The molecule has 1 heterocycles. The highest BCUT2D eigenvalue weighted by atomic mass is 35.5. The second kappa shape index (κ2) is 9.12. The van der Waals surface area contributed by atoms with E-state index in [4.69, 9.17) is 16.3 Å². The Hall–Kier alpha value is -2.83. The number of aromatic nitrogens is 1. The number of halogens is 4. The number of carbonyl (C=O) groups excluding carboxylic acids is 1. The number of sulfonamides is 1. The van der Waals surface area contributed by atoms with Crippen molar-refractivity contribution in [3.05, 3.63) is 64.6 Å². The van der Waals surface area contributed by atoms with Gasteiger partial charge in [0, 0.05) is 17.3 Å². The van der Waals surface area contributed by atoms with Gasteiger partial charge in [0.05, 0.1) is 15.5 Å². The summed E-state index contributed by atoms with van der Waals surface area (Å²) >= 11 is 6.89. The van der Waals surface area contributed by atoms with Crippen molar-refractivity contribution in [1.82, 2.24) is 4.98 Å². The lowest BCUT2D eigenvalue weighted by molar-refractivity contribution is -0.137. The molecule has 7 nitrogen and oxygen atoms in total. The van der Waals surface area contributed by atoms with E-state index in [1.54, 1.807) is 5.38 Å². The van der Waals surface area contributed by atoms with Gasteiger partial charge >= 0.3 is 6.18 Å². The summed E-state index contributed by atoms with van der Waals surface area (Å²) in [4.78, 5) is 15.8. The summed E-state index contributed by atoms with van der Waals surface area (Å²) in [5.74, 6) is -0.702. The largest absolute Gasteiger partial charge is 0.482 e. The molecule has 0 fully saturated rings. The molecule has 2 N–H and O–H groups in total. The van der Waals surface area contributed by atoms with Crippen molar-refractivity contribution in [3.8, 4) is 5.75 Å². The Bertz CT molecular complexity index is 1170. The molecule has 0 atom stereocenters. The van der Waals surface area contributed by atoms with Gasteiger partial charge in [-0.15, -0.1) is 11.3 Å². The number of nitrogens with one attached hydrogen (secondary N) is 2. The van der Waals surface area contributed by atoms with Gasteiger partial charge in [0.1, 0.15) is 5.75 Å². The molecule has 1 amide bonds. The Kier molecular flexibility index (Phi) is 6.72. The standard InChI is InChI=1S/C18H13ClF3N3O4S2/c19-14-9-11(18(20,21)22)1-6-15(14)29-10-16(26)24-12-2-4-13(5-3-12)31(27,28)25-17-23-7-8-30-17/h1-9H,10H2,(H,23,25)(H,24,26). The molecule has 0 unspecified atom stereocenters. The highest BCUT2D eigenvalue weighted by Crippen LogP contribution is 2.34. The van der Waals surface area contributed by atoms with Crippen LogP contribution in [0.3, 0.4) is 0 Å². The fourth-order valence-electron chi connectivity index (χ4n) is 2.30. The van der Waals surface area contributed by atoms with Crippen molar-refractivity contribution in [2.24, 2.45) is 0 Å². The first-order valence-electron chi connectivity index (χ1n) is 8.36. The van der Waals surface area contributed by atoms with Crippen molar-refractivity contribution in [2.45, 2.75) is 11.1 Å². The van der Waals surface area contributed by atoms with Crippen LogP contribution in [0.2, 0.25) is 5.02 Å². The molecule has 0 saturated carbocycles. The van der Waals surface area contributed by atoms with Crippen LogP contribution in [0.5, 0.6) is 5.75 Å². The lowest BCUT2D eigenvalue weighted by Gasteiger charge is -2.12. The minimum Gasteiger partial charge on any atom is -0.482 e. The van der Waals surface area contributed by atoms with E-state index >= 15 is 0 Å². The van der Waals surface area contributed by atoms with Crippen LogP contribution in [0.15, 0.2) is 58.9 Å². The molecule has 13 heteroatoms. The molecule has 0 saturated heterocycles. The Morgan fingerprint density at radius 3 is 2.45 bits per heavy atom. The SMILES string of the molecule is O=C(COc1ccc(C(F)(F)F)cc1Cl)Nc1ccc(S(=O)(=O)Nc2nccs2)cc1. The predicted octanol–water partition coefficient (Wildman–Crippen LogP) is 4.63. The van der Waals surface area contributed by atoms with E-state index in [1.165, 1.54) is 30.5 Å². The Labute approximate surface area is 183 Å². The summed E-state index contributed by atoms with van der Waals surface area (Å²) in [5, 5.41) is 4.03. The predicted molar refractivity (Wildman–Crippen MR) is 110 cm³/mol. The second-order valence-electron chi connectivity index (χ2n) is 5.95. The summed E-state index contributed by atoms with van der Waals surface area (Å²) in [6.45, 7) is -0.517. The molecule has 3 rings (SSSR count). The summed E-state index contributed by atoms with van der Waals surface area (Å²) in [7, 11) is -3.83. The normalized spacial score (nSPS) is 11.7. The van der Waals surface area contributed by atoms with Crippen molar-refractivity contribution in [1.29, 1.82) is 0 Å². The molecule has 0 bridgehead atoms. The van der Waals surface area contributed by atoms with Crippen LogP contribution in [0.25, 0.3) is 0 Å². The van der Waals surface area contributed by atoms with E-state index < -0.39 is 34.3 Å². The molecule has 2 aromatic carbocycles. The molecular weight excluding hydrogens is 479 g/mol. The zero-order valence-electron chi connectivity index (χ0n) is 15.3. The summed E-state index contributed by atoms with van der Waals surface area (Å²) in [6, 6.07) is 7.84. The number of rotatable bonds is 7. The molecule has 164 valence electrons. The summed E-state index contributed by atoms with van der Waals surface area (Å²) in [6.07, 6.45) is -3.09. The van der Waals surface area contributed by atoms with Crippen LogP contribution >= 0.6 is 22.9 Å². The maximum atomic E-state index is 12.6. The molecule has 0 aliphatic heterocycles. The molecule has 0 spiro atoms. The molecular formula is C18H13ClF3N3O4S2. The van der Waals surface area contributed by atoms with E-state index in [0.717, 1.165) is 23.5 Å². The van der Waals surface area contributed by atoms with Crippen LogP contribution in [0.1, 0.15) is 5.56 Å². The first kappa shape index (κ1) is 22.8. The van der Waals surface area contributed by atoms with Gasteiger partial charge in [-0.25, -0.2) is 13.4 Å². The third kappa shape index (κ3) is 6.09. The number of anilines is 2. The first-order valence-corrected chi connectivity index (χ1v) is 11.1. The van der Waals surface area contributed by atoms with Gasteiger partial charge in [0.25, 0.3) is 15.9 Å². The van der Waals surface area contributed by atoms with Gasteiger partial charge in [-0.3, -0.25) is 9.52 Å². The average molecular weight is 492 g/mol. The number of amides is 1. The maximum Gasteiger partial charge on any atom is 0.416 e. The van der Waals surface area contributed by atoms with E-state index in [2.05, 4.69) is 15.0 Å². The third-order valence-electron chi connectivity index (χ3n) is 3.72. The zero-order chi connectivity index (χ0) is 22.6. The van der Waals surface area contributed by atoms with Crippen LogP contribution in [0.4, 0.5) is 24.0 Å². The van der Waals surface area contributed by atoms with Crippen LogP contribution < -0.4 is 14.8 Å². The maximum absolute atomic E-state index is 12.6.